The van der Waals surface area contributed by atoms with E-state index in [0.29, 0.717) is 5.92 Å². The minimum atomic E-state index is -0.0386. The number of amides is 1. The second kappa shape index (κ2) is 5.83. The largest absolute Gasteiger partial charge is 0.322 e. The van der Waals surface area contributed by atoms with E-state index in [1.54, 1.807) is 0 Å². The Hall–Kier alpha value is -0.610. The van der Waals surface area contributed by atoms with Crippen molar-refractivity contribution in [3.63, 3.8) is 0 Å². The van der Waals surface area contributed by atoms with E-state index >= 15 is 0 Å². The van der Waals surface area contributed by atoms with Crippen molar-refractivity contribution in [3.8, 4) is 0 Å². The van der Waals surface area contributed by atoms with Crippen LogP contribution < -0.4 is 5.32 Å². The number of rotatable bonds is 5. The molecular formula is C13H27N3O. The summed E-state index contributed by atoms with van der Waals surface area (Å²) in [5, 5.41) is 3.40. The molecule has 1 fully saturated rings. The molecule has 1 aliphatic heterocycles. The van der Waals surface area contributed by atoms with Gasteiger partial charge in [0.2, 0.25) is 5.91 Å². The Bertz CT molecular complexity index is 265. The van der Waals surface area contributed by atoms with Crippen molar-refractivity contribution in [2.75, 3.05) is 20.6 Å². The summed E-state index contributed by atoms with van der Waals surface area (Å²) in [6.07, 6.45) is 1.22. The first kappa shape index (κ1) is 14.5. The molecule has 1 rings (SSSR count). The van der Waals surface area contributed by atoms with Crippen LogP contribution in [0, 0.1) is 5.92 Å². The average molecular weight is 241 g/mol. The zero-order chi connectivity index (χ0) is 13.2. The molecule has 0 aromatic rings. The van der Waals surface area contributed by atoms with Crippen LogP contribution in [0.2, 0.25) is 0 Å². The molecule has 4 heteroatoms. The Kier molecular flexibility index (Phi) is 4.95. The van der Waals surface area contributed by atoms with Gasteiger partial charge >= 0.3 is 0 Å². The van der Waals surface area contributed by atoms with Crippen LogP contribution in [0.1, 0.15) is 34.1 Å². The highest BCUT2D eigenvalue weighted by atomic mass is 16.2. The Balaban J connectivity index is 2.72. The van der Waals surface area contributed by atoms with Gasteiger partial charge in [0.1, 0.15) is 0 Å². The Morgan fingerprint density at radius 3 is 2.41 bits per heavy atom. The number of likely N-dealkylation sites (N-methyl/N-ethyl adjacent to an activating group) is 1. The zero-order valence-electron chi connectivity index (χ0n) is 12.0. The van der Waals surface area contributed by atoms with Crippen molar-refractivity contribution in [1.82, 2.24) is 15.1 Å². The molecule has 0 aromatic heterocycles. The summed E-state index contributed by atoms with van der Waals surface area (Å²) in [6, 6.07) is 0.224. The van der Waals surface area contributed by atoms with Gasteiger partial charge in [-0.05, 0) is 40.3 Å². The molecule has 0 saturated carbocycles. The fourth-order valence-corrected chi connectivity index (χ4v) is 2.59. The number of carbonyl (C=O) groups excluding carboxylic acids is 1. The fourth-order valence-electron chi connectivity index (χ4n) is 2.59. The number of hydrogen-bond acceptors (Lipinski definition) is 3. The summed E-state index contributed by atoms with van der Waals surface area (Å²) in [6.45, 7) is 9.39. The molecule has 3 atom stereocenters. The molecule has 0 aromatic carbocycles. The third kappa shape index (κ3) is 3.68. The smallest absolute Gasteiger partial charge is 0.241 e. The second-order valence-electron chi connectivity index (χ2n) is 5.89. The highest BCUT2D eigenvalue weighted by Crippen LogP contribution is 2.20. The molecule has 0 spiro atoms. The van der Waals surface area contributed by atoms with E-state index in [9.17, 15) is 4.79 Å². The highest BCUT2D eigenvalue weighted by Gasteiger charge is 2.38. The van der Waals surface area contributed by atoms with Crippen molar-refractivity contribution in [2.45, 2.75) is 52.4 Å². The van der Waals surface area contributed by atoms with Crippen LogP contribution in [0.15, 0.2) is 0 Å². The minimum absolute atomic E-state index is 0.0386. The first-order valence-corrected chi connectivity index (χ1v) is 6.55. The van der Waals surface area contributed by atoms with E-state index in [2.05, 4.69) is 31.0 Å². The lowest BCUT2D eigenvalue weighted by Gasteiger charge is -2.32. The van der Waals surface area contributed by atoms with E-state index in [-0.39, 0.29) is 24.2 Å². The van der Waals surface area contributed by atoms with E-state index in [0.717, 1.165) is 13.0 Å². The predicted octanol–water partition coefficient (Wildman–Crippen LogP) is 1.13. The molecule has 1 aliphatic rings. The third-order valence-electron chi connectivity index (χ3n) is 3.20. The van der Waals surface area contributed by atoms with Gasteiger partial charge in [0, 0.05) is 12.6 Å². The average Bonchev–Trinajstić information content (AvgIpc) is 2.39. The molecule has 1 heterocycles. The lowest BCUT2D eigenvalue weighted by molar-refractivity contribution is -0.132. The predicted molar refractivity (Wildman–Crippen MR) is 70.7 cm³/mol. The van der Waals surface area contributed by atoms with Crippen LogP contribution >= 0.6 is 0 Å². The van der Waals surface area contributed by atoms with Gasteiger partial charge in [0.15, 0.2) is 0 Å². The second-order valence-corrected chi connectivity index (χ2v) is 5.89. The van der Waals surface area contributed by atoms with E-state index in [1.807, 2.05) is 25.9 Å². The Morgan fingerprint density at radius 1 is 1.35 bits per heavy atom. The zero-order valence-corrected chi connectivity index (χ0v) is 12.0. The summed E-state index contributed by atoms with van der Waals surface area (Å²) in [5.41, 5.74) is 0. The molecule has 0 aliphatic carbocycles. The maximum absolute atomic E-state index is 12.2. The maximum Gasteiger partial charge on any atom is 0.241 e. The summed E-state index contributed by atoms with van der Waals surface area (Å²) >= 11 is 0. The SMILES string of the molecule is CC(C)CC1NC(C)C(=O)N1C(C)CN(C)C. The van der Waals surface area contributed by atoms with Crippen molar-refractivity contribution in [2.24, 2.45) is 5.92 Å². The molecule has 100 valence electrons. The monoisotopic (exact) mass is 241 g/mol. The highest BCUT2D eigenvalue weighted by molar-refractivity contribution is 5.84. The molecule has 0 bridgehead atoms. The summed E-state index contributed by atoms with van der Waals surface area (Å²) in [7, 11) is 4.09. The van der Waals surface area contributed by atoms with Crippen molar-refractivity contribution in [1.29, 1.82) is 0 Å². The molecule has 1 saturated heterocycles. The first-order valence-electron chi connectivity index (χ1n) is 6.55. The van der Waals surface area contributed by atoms with Gasteiger partial charge in [-0.2, -0.15) is 0 Å². The fraction of sp³-hybridized carbons (Fsp3) is 0.923. The van der Waals surface area contributed by atoms with E-state index in [1.165, 1.54) is 0 Å². The van der Waals surface area contributed by atoms with Crippen LogP contribution in [0.25, 0.3) is 0 Å². The molecule has 0 radical (unpaired) electrons. The normalized spacial score (nSPS) is 27.3. The molecule has 1 amide bonds. The lowest BCUT2D eigenvalue weighted by Crippen LogP contribution is -2.47. The first-order chi connectivity index (χ1) is 7.82. The Morgan fingerprint density at radius 2 is 1.94 bits per heavy atom. The summed E-state index contributed by atoms with van der Waals surface area (Å²) < 4.78 is 0. The number of hydrogen-bond donors (Lipinski definition) is 1. The van der Waals surface area contributed by atoms with Crippen LogP contribution in [-0.4, -0.2) is 54.6 Å². The minimum Gasteiger partial charge on any atom is -0.322 e. The van der Waals surface area contributed by atoms with Crippen molar-refractivity contribution >= 4 is 5.91 Å². The van der Waals surface area contributed by atoms with Gasteiger partial charge in [-0.25, -0.2) is 0 Å². The van der Waals surface area contributed by atoms with E-state index < -0.39 is 0 Å². The van der Waals surface area contributed by atoms with Crippen LogP contribution in [0.5, 0.6) is 0 Å². The van der Waals surface area contributed by atoms with Crippen LogP contribution in [0.3, 0.4) is 0 Å². The van der Waals surface area contributed by atoms with Gasteiger partial charge in [0.25, 0.3) is 0 Å². The van der Waals surface area contributed by atoms with Gasteiger partial charge in [-0.3, -0.25) is 10.1 Å². The summed E-state index contributed by atoms with van der Waals surface area (Å²) in [4.78, 5) is 16.3. The third-order valence-corrected chi connectivity index (χ3v) is 3.20. The van der Waals surface area contributed by atoms with Crippen molar-refractivity contribution in [3.05, 3.63) is 0 Å². The van der Waals surface area contributed by atoms with Crippen molar-refractivity contribution < 1.29 is 4.79 Å². The maximum atomic E-state index is 12.2. The molecule has 1 N–H and O–H groups in total. The standard InChI is InChI=1S/C13H27N3O/c1-9(2)7-12-14-11(4)13(17)16(12)10(3)8-15(5)6/h9-12,14H,7-8H2,1-6H3. The quantitative estimate of drug-likeness (QED) is 0.784. The molecular weight excluding hydrogens is 214 g/mol. The van der Waals surface area contributed by atoms with Gasteiger partial charge in [-0.1, -0.05) is 13.8 Å². The topological polar surface area (TPSA) is 35.6 Å². The lowest BCUT2D eigenvalue weighted by atomic mass is 10.1. The van der Waals surface area contributed by atoms with Gasteiger partial charge < -0.3 is 9.80 Å². The number of nitrogens with zero attached hydrogens (tertiary/aromatic N) is 2. The molecule has 3 unspecified atom stereocenters. The van der Waals surface area contributed by atoms with Crippen LogP contribution in [0.4, 0.5) is 0 Å². The number of nitrogens with one attached hydrogen (secondary N) is 1. The molecule has 4 nitrogen and oxygen atoms in total. The summed E-state index contributed by atoms with van der Waals surface area (Å²) in [5.74, 6) is 0.838. The molecule has 17 heavy (non-hydrogen) atoms. The Labute approximate surface area is 105 Å². The van der Waals surface area contributed by atoms with Crippen LogP contribution in [-0.2, 0) is 4.79 Å². The van der Waals surface area contributed by atoms with Gasteiger partial charge in [-0.15, -0.1) is 0 Å². The number of carbonyl (C=O) groups is 1. The van der Waals surface area contributed by atoms with Gasteiger partial charge in [0.05, 0.1) is 12.2 Å². The van der Waals surface area contributed by atoms with E-state index in [4.69, 9.17) is 0 Å².